The van der Waals surface area contributed by atoms with Gasteiger partial charge in [-0.1, -0.05) is 13.8 Å². The highest BCUT2D eigenvalue weighted by Gasteiger charge is 2.38. The fraction of sp³-hybridized carbons (Fsp3) is 0.923. The third-order valence-corrected chi connectivity index (χ3v) is 3.41. The van der Waals surface area contributed by atoms with Crippen LogP contribution in [0.25, 0.3) is 0 Å². The van der Waals surface area contributed by atoms with Gasteiger partial charge in [-0.25, -0.2) is 0 Å². The Morgan fingerprint density at radius 3 is 1.94 bits per heavy atom. The van der Waals surface area contributed by atoms with Crippen LogP contribution in [-0.4, -0.2) is 46.9 Å². The van der Waals surface area contributed by atoms with Crippen LogP contribution in [0.1, 0.15) is 41.5 Å². The molecule has 1 unspecified atom stereocenters. The first-order valence-electron chi connectivity index (χ1n) is 6.42. The van der Waals surface area contributed by atoms with Crippen molar-refractivity contribution in [2.45, 2.75) is 59.7 Å². The lowest BCUT2D eigenvalue weighted by Gasteiger charge is -2.45. The van der Waals surface area contributed by atoms with Crippen molar-refractivity contribution in [2.75, 3.05) is 13.1 Å². The van der Waals surface area contributed by atoms with Crippen molar-refractivity contribution in [1.82, 2.24) is 9.80 Å². The molecule has 0 radical (unpaired) electrons. The molecule has 94 valence electrons. The Bertz CT molecular complexity index is 248. The van der Waals surface area contributed by atoms with Gasteiger partial charge in [-0.3, -0.25) is 9.69 Å². The maximum atomic E-state index is 12.4. The second-order valence-corrected chi connectivity index (χ2v) is 5.65. The Labute approximate surface area is 99.8 Å². The number of carbonyl (C=O) groups excluding carboxylic acids is 1. The first kappa shape index (κ1) is 13.5. The fourth-order valence-electron chi connectivity index (χ4n) is 2.54. The van der Waals surface area contributed by atoms with Gasteiger partial charge in [-0.2, -0.15) is 0 Å². The minimum absolute atomic E-state index is 0.0659. The van der Waals surface area contributed by atoms with Gasteiger partial charge in [0.15, 0.2) is 0 Å². The summed E-state index contributed by atoms with van der Waals surface area (Å²) in [5.41, 5.74) is 0. The lowest BCUT2D eigenvalue weighted by Crippen LogP contribution is -2.62. The van der Waals surface area contributed by atoms with Crippen molar-refractivity contribution in [1.29, 1.82) is 0 Å². The summed E-state index contributed by atoms with van der Waals surface area (Å²) in [6, 6.07) is 0.838. The van der Waals surface area contributed by atoms with Crippen LogP contribution >= 0.6 is 0 Å². The maximum Gasteiger partial charge on any atom is 0.240 e. The van der Waals surface area contributed by atoms with E-state index in [-0.39, 0.29) is 6.04 Å². The average Bonchev–Trinajstić information content (AvgIpc) is 2.15. The van der Waals surface area contributed by atoms with Gasteiger partial charge in [0.2, 0.25) is 5.91 Å². The first-order chi connectivity index (χ1) is 7.36. The second kappa shape index (κ2) is 5.17. The number of hydrogen-bond donors (Lipinski definition) is 0. The molecule has 3 heteroatoms. The molecule has 1 amide bonds. The molecule has 0 N–H and O–H groups in total. The molecule has 1 aliphatic heterocycles. The Hall–Kier alpha value is -0.570. The van der Waals surface area contributed by atoms with Gasteiger partial charge in [0, 0.05) is 25.2 Å². The van der Waals surface area contributed by atoms with Crippen LogP contribution in [0, 0.1) is 5.92 Å². The Morgan fingerprint density at radius 1 is 1.00 bits per heavy atom. The highest BCUT2D eigenvalue weighted by Crippen LogP contribution is 2.22. The van der Waals surface area contributed by atoms with E-state index < -0.39 is 0 Å². The predicted octanol–water partition coefficient (Wildman–Crippen LogP) is 1.97. The van der Waals surface area contributed by atoms with Gasteiger partial charge in [-0.15, -0.1) is 0 Å². The monoisotopic (exact) mass is 226 g/mol. The van der Waals surface area contributed by atoms with Crippen molar-refractivity contribution in [2.24, 2.45) is 5.92 Å². The fourth-order valence-corrected chi connectivity index (χ4v) is 2.54. The number of rotatable bonds is 3. The van der Waals surface area contributed by atoms with E-state index >= 15 is 0 Å². The molecule has 0 aromatic carbocycles. The Kier molecular flexibility index (Phi) is 4.36. The summed E-state index contributed by atoms with van der Waals surface area (Å²) >= 11 is 0. The minimum Gasteiger partial charge on any atom is -0.338 e. The van der Waals surface area contributed by atoms with E-state index in [1.54, 1.807) is 0 Å². The van der Waals surface area contributed by atoms with E-state index in [9.17, 15) is 4.79 Å². The second-order valence-electron chi connectivity index (χ2n) is 5.65. The Balaban J connectivity index is 2.87. The molecule has 0 aromatic heterocycles. The topological polar surface area (TPSA) is 23.6 Å². The molecule has 1 saturated heterocycles. The van der Waals surface area contributed by atoms with Crippen molar-refractivity contribution < 1.29 is 4.79 Å². The SMILES string of the molecule is CC(C)C1C(=O)N(C(C)C)CCN1C(C)C. The largest absolute Gasteiger partial charge is 0.338 e. The molecule has 3 nitrogen and oxygen atoms in total. The maximum absolute atomic E-state index is 12.4. The smallest absolute Gasteiger partial charge is 0.240 e. The molecule has 1 rings (SSSR count). The first-order valence-corrected chi connectivity index (χ1v) is 6.42. The van der Waals surface area contributed by atoms with E-state index in [1.807, 2.05) is 4.90 Å². The zero-order valence-corrected chi connectivity index (χ0v) is 11.5. The molecule has 1 aliphatic rings. The van der Waals surface area contributed by atoms with Crippen LogP contribution in [0.4, 0.5) is 0 Å². The quantitative estimate of drug-likeness (QED) is 0.734. The van der Waals surface area contributed by atoms with E-state index in [1.165, 1.54) is 0 Å². The lowest BCUT2D eigenvalue weighted by atomic mass is 9.96. The molecular formula is C13H26N2O. The molecule has 1 fully saturated rings. The van der Waals surface area contributed by atoms with E-state index in [0.717, 1.165) is 13.1 Å². The molecule has 0 aliphatic carbocycles. The highest BCUT2D eigenvalue weighted by atomic mass is 16.2. The minimum atomic E-state index is 0.0659. The van der Waals surface area contributed by atoms with Crippen molar-refractivity contribution in [3.8, 4) is 0 Å². The summed E-state index contributed by atoms with van der Waals surface area (Å²) in [6.45, 7) is 14.7. The molecule has 0 aromatic rings. The van der Waals surface area contributed by atoms with Crippen LogP contribution in [0.3, 0.4) is 0 Å². The van der Waals surface area contributed by atoms with Gasteiger partial charge in [-0.05, 0) is 33.6 Å². The average molecular weight is 226 g/mol. The lowest BCUT2D eigenvalue weighted by molar-refractivity contribution is -0.147. The van der Waals surface area contributed by atoms with Crippen molar-refractivity contribution >= 4 is 5.91 Å². The highest BCUT2D eigenvalue weighted by molar-refractivity contribution is 5.83. The molecular weight excluding hydrogens is 200 g/mol. The third-order valence-electron chi connectivity index (χ3n) is 3.41. The summed E-state index contributed by atoms with van der Waals surface area (Å²) in [5, 5.41) is 0. The zero-order valence-electron chi connectivity index (χ0n) is 11.5. The number of carbonyl (C=O) groups is 1. The summed E-state index contributed by atoms with van der Waals surface area (Å²) in [4.78, 5) is 16.8. The van der Waals surface area contributed by atoms with Crippen LogP contribution < -0.4 is 0 Å². The summed E-state index contributed by atoms with van der Waals surface area (Å²) < 4.78 is 0. The van der Waals surface area contributed by atoms with Gasteiger partial charge in [0.05, 0.1) is 6.04 Å². The molecule has 0 bridgehead atoms. The van der Waals surface area contributed by atoms with Crippen LogP contribution in [0.2, 0.25) is 0 Å². The van der Waals surface area contributed by atoms with Crippen LogP contribution in [0.15, 0.2) is 0 Å². The van der Waals surface area contributed by atoms with Gasteiger partial charge < -0.3 is 4.90 Å². The number of nitrogens with zero attached hydrogens (tertiary/aromatic N) is 2. The van der Waals surface area contributed by atoms with E-state index in [0.29, 0.717) is 23.9 Å². The van der Waals surface area contributed by atoms with E-state index in [4.69, 9.17) is 0 Å². The molecule has 16 heavy (non-hydrogen) atoms. The van der Waals surface area contributed by atoms with Crippen LogP contribution in [0.5, 0.6) is 0 Å². The predicted molar refractivity (Wildman–Crippen MR) is 67.3 cm³/mol. The van der Waals surface area contributed by atoms with Crippen molar-refractivity contribution in [3.63, 3.8) is 0 Å². The standard InChI is InChI=1S/C13H26N2O/c1-9(2)12-13(16)15(11(5)6)8-7-14(12)10(3)4/h9-12H,7-8H2,1-6H3. The number of amides is 1. The molecule has 0 spiro atoms. The summed E-state index contributed by atoms with van der Waals surface area (Å²) in [7, 11) is 0. The van der Waals surface area contributed by atoms with Gasteiger partial charge in [0.25, 0.3) is 0 Å². The normalized spacial score (nSPS) is 23.9. The number of piperazine rings is 1. The zero-order chi connectivity index (χ0) is 12.5. The third kappa shape index (κ3) is 2.57. The number of hydrogen-bond acceptors (Lipinski definition) is 2. The Morgan fingerprint density at radius 2 is 1.56 bits per heavy atom. The molecule has 1 atom stereocenters. The molecule has 0 saturated carbocycles. The van der Waals surface area contributed by atoms with Crippen LogP contribution in [-0.2, 0) is 4.79 Å². The van der Waals surface area contributed by atoms with E-state index in [2.05, 4.69) is 46.4 Å². The van der Waals surface area contributed by atoms with Gasteiger partial charge in [0.1, 0.15) is 0 Å². The summed E-state index contributed by atoms with van der Waals surface area (Å²) in [6.07, 6.45) is 0. The summed E-state index contributed by atoms with van der Waals surface area (Å²) in [5.74, 6) is 0.696. The van der Waals surface area contributed by atoms with Crippen molar-refractivity contribution in [3.05, 3.63) is 0 Å². The van der Waals surface area contributed by atoms with Gasteiger partial charge >= 0.3 is 0 Å². The molecule has 1 heterocycles.